The molecule has 1 heterocycles. The van der Waals surface area contributed by atoms with Gasteiger partial charge in [-0.05, 0) is 40.5 Å². The highest BCUT2D eigenvalue weighted by atomic mass is 32.2. The molecule has 2 aromatic rings. The number of hydrogen-bond acceptors (Lipinski definition) is 2. The molecule has 1 unspecified atom stereocenters. The zero-order valence-corrected chi connectivity index (χ0v) is 12.5. The van der Waals surface area contributed by atoms with E-state index in [0.717, 1.165) is 0 Å². The molecule has 19 heavy (non-hydrogen) atoms. The molecule has 2 heteroatoms. The van der Waals surface area contributed by atoms with E-state index in [1.165, 1.54) is 34.4 Å². The number of anilines is 1. The van der Waals surface area contributed by atoms with Gasteiger partial charge in [0.25, 0.3) is 0 Å². The first-order valence-electron chi connectivity index (χ1n) is 6.98. The average molecular weight is 271 g/mol. The lowest BCUT2D eigenvalue weighted by Crippen LogP contribution is -2.41. The molecule has 1 aliphatic heterocycles. The average Bonchev–Trinajstić information content (AvgIpc) is 2.41. The quantitative estimate of drug-likeness (QED) is 0.843. The van der Waals surface area contributed by atoms with Crippen molar-refractivity contribution in [2.24, 2.45) is 5.41 Å². The number of rotatable bonds is 2. The molecule has 0 aliphatic carbocycles. The van der Waals surface area contributed by atoms with Crippen molar-refractivity contribution in [2.45, 2.75) is 26.3 Å². The largest absolute Gasteiger partial charge is 0.381 e. The maximum atomic E-state index is 3.74. The van der Waals surface area contributed by atoms with Crippen LogP contribution >= 0.6 is 11.8 Å². The number of benzene rings is 2. The first-order valence-corrected chi connectivity index (χ1v) is 8.14. The molecule has 2 aromatic carbocycles. The third-order valence-electron chi connectivity index (χ3n) is 4.21. The smallest absolute Gasteiger partial charge is 0.0403 e. The van der Waals surface area contributed by atoms with Crippen LogP contribution in [0.5, 0.6) is 0 Å². The first kappa shape index (κ1) is 12.9. The summed E-state index contributed by atoms with van der Waals surface area (Å²) in [4.78, 5) is 0. The molecule has 1 aliphatic rings. The van der Waals surface area contributed by atoms with E-state index in [9.17, 15) is 0 Å². The van der Waals surface area contributed by atoms with Crippen molar-refractivity contribution < 1.29 is 0 Å². The minimum Gasteiger partial charge on any atom is -0.381 e. The van der Waals surface area contributed by atoms with Gasteiger partial charge in [-0.3, -0.25) is 0 Å². The van der Waals surface area contributed by atoms with Gasteiger partial charge in [0.2, 0.25) is 0 Å². The number of thioether (sulfide) groups is 1. The summed E-state index contributed by atoms with van der Waals surface area (Å²) in [5, 5.41) is 6.37. The summed E-state index contributed by atoms with van der Waals surface area (Å²) >= 11 is 2.07. The summed E-state index contributed by atoms with van der Waals surface area (Å²) in [6.45, 7) is 4.76. The van der Waals surface area contributed by atoms with Gasteiger partial charge in [0.15, 0.2) is 0 Å². The summed E-state index contributed by atoms with van der Waals surface area (Å²) < 4.78 is 0. The molecule has 0 bridgehead atoms. The van der Waals surface area contributed by atoms with Crippen LogP contribution in [0.1, 0.15) is 20.3 Å². The maximum absolute atomic E-state index is 3.74. The van der Waals surface area contributed by atoms with Gasteiger partial charge >= 0.3 is 0 Å². The highest BCUT2D eigenvalue weighted by Crippen LogP contribution is 2.36. The molecule has 1 fully saturated rings. The normalized spacial score (nSPS) is 22.3. The zero-order valence-electron chi connectivity index (χ0n) is 11.6. The molecular weight excluding hydrogens is 250 g/mol. The van der Waals surface area contributed by atoms with Crippen LogP contribution in [-0.4, -0.2) is 17.5 Å². The molecule has 1 saturated heterocycles. The van der Waals surface area contributed by atoms with Crippen LogP contribution in [0.25, 0.3) is 10.8 Å². The Morgan fingerprint density at radius 3 is 2.68 bits per heavy atom. The van der Waals surface area contributed by atoms with E-state index in [-0.39, 0.29) is 0 Å². The van der Waals surface area contributed by atoms with Gasteiger partial charge in [0.1, 0.15) is 0 Å². The molecule has 0 saturated carbocycles. The van der Waals surface area contributed by atoms with Crippen molar-refractivity contribution in [2.75, 3.05) is 16.8 Å². The highest BCUT2D eigenvalue weighted by Gasteiger charge is 2.32. The fourth-order valence-electron chi connectivity index (χ4n) is 2.65. The summed E-state index contributed by atoms with van der Waals surface area (Å²) in [6, 6.07) is 15.8. The summed E-state index contributed by atoms with van der Waals surface area (Å²) in [5.74, 6) is 2.50. The molecule has 0 aromatic heterocycles. The standard InChI is InChI=1S/C17H21NS/c1-17(2)9-10-19-12-16(17)18-15-8-7-13-5-3-4-6-14(13)11-15/h3-8,11,16,18H,9-10,12H2,1-2H3. The first-order chi connectivity index (χ1) is 9.15. The van der Waals surface area contributed by atoms with Crippen LogP contribution < -0.4 is 5.32 Å². The lowest BCUT2D eigenvalue weighted by atomic mass is 9.82. The predicted octanol–water partition coefficient (Wildman–Crippen LogP) is 4.78. The predicted molar refractivity (Wildman–Crippen MR) is 87.1 cm³/mol. The second-order valence-corrected chi connectivity index (χ2v) is 7.22. The Kier molecular flexibility index (Phi) is 3.44. The zero-order chi connectivity index (χ0) is 13.3. The molecule has 100 valence electrons. The van der Waals surface area contributed by atoms with Gasteiger partial charge in [0, 0.05) is 17.5 Å². The van der Waals surface area contributed by atoms with Crippen LogP contribution in [0.2, 0.25) is 0 Å². The second kappa shape index (κ2) is 5.09. The van der Waals surface area contributed by atoms with Crippen molar-refractivity contribution in [1.29, 1.82) is 0 Å². The van der Waals surface area contributed by atoms with Crippen LogP contribution in [0.15, 0.2) is 42.5 Å². The van der Waals surface area contributed by atoms with Gasteiger partial charge in [-0.1, -0.05) is 44.2 Å². The third kappa shape index (κ3) is 2.74. The highest BCUT2D eigenvalue weighted by molar-refractivity contribution is 7.99. The van der Waals surface area contributed by atoms with Crippen molar-refractivity contribution in [3.8, 4) is 0 Å². The van der Waals surface area contributed by atoms with Crippen molar-refractivity contribution in [1.82, 2.24) is 0 Å². The fourth-order valence-corrected chi connectivity index (χ4v) is 4.26. The lowest BCUT2D eigenvalue weighted by molar-refractivity contribution is 0.305. The van der Waals surface area contributed by atoms with E-state index in [1.807, 2.05) is 0 Å². The van der Waals surface area contributed by atoms with E-state index >= 15 is 0 Å². The van der Waals surface area contributed by atoms with Crippen LogP contribution in [0, 0.1) is 5.41 Å². The Bertz CT molecular complexity index is 576. The third-order valence-corrected chi connectivity index (χ3v) is 5.27. The van der Waals surface area contributed by atoms with E-state index in [1.54, 1.807) is 0 Å². The minimum absolute atomic E-state index is 0.386. The van der Waals surface area contributed by atoms with E-state index in [4.69, 9.17) is 0 Å². The van der Waals surface area contributed by atoms with Gasteiger partial charge < -0.3 is 5.32 Å². The maximum Gasteiger partial charge on any atom is 0.0403 e. The van der Waals surface area contributed by atoms with Gasteiger partial charge in [-0.25, -0.2) is 0 Å². The second-order valence-electron chi connectivity index (χ2n) is 6.07. The summed E-state index contributed by atoms with van der Waals surface area (Å²) in [6.07, 6.45) is 1.29. The Morgan fingerprint density at radius 2 is 1.89 bits per heavy atom. The molecule has 0 spiro atoms. The molecule has 0 radical (unpaired) electrons. The SMILES string of the molecule is CC1(C)CCSCC1Nc1ccc2ccccc2c1. The van der Waals surface area contributed by atoms with Gasteiger partial charge in [-0.15, -0.1) is 0 Å². The Hall–Kier alpha value is -1.15. The fraction of sp³-hybridized carbons (Fsp3) is 0.412. The molecule has 0 amide bonds. The molecule has 1 nitrogen and oxygen atoms in total. The van der Waals surface area contributed by atoms with Gasteiger partial charge in [-0.2, -0.15) is 11.8 Å². The molecule has 1 atom stereocenters. The summed E-state index contributed by atoms with van der Waals surface area (Å²) in [5.41, 5.74) is 1.64. The van der Waals surface area contributed by atoms with E-state index in [2.05, 4.69) is 73.4 Å². The monoisotopic (exact) mass is 271 g/mol. The Morgan fingerprint density at radius 1 is 1.11 bits per heavy atom. The topological polar surface area (TPSA) is 12.0 Å². The van der Waals surface area contributed by atoms with E-state index < -0.39 is 0 Å². The van der Waals surface area contributed by atoms with Crippen LogP contribution in [0.4, 0.5) is 5.69 Å². The Labute approximate surface area is 119 Å². The van der Waals surface area contributed by atoms with Crippen molar-refractivity contribution in [3.63, 3.8) is 0 Å². The van der Waals surface area contributed by atoms with Crippen LogP contribution in [0.3, 0.4) is 0 Å². The lowest BCUT2D eigenvalue weighted by Gasteiger charge is -2.39. The van der Waals surface area contributed by atoms with Crippen molar-refractivity contribution >= 4 is 28.2 Å². The molecule has 3 rings (SSSR count). The minimum atomic E-state index is 0.386. The molecule has 1 N–H and O–H groups in total. The number of fused-ring (bicyclic) bond motifs is 1. The Balaban J connectivity index is 1.84. The number of nitrogens with one attached hydrogen (secondary N) is 1. The van der Waals surface area contributed by atoms with E-state index in [0.29, 0.717) is 11.5 Å². The van der Waals surface area contributed by atoms with Crippen molar-refractivity contribution in [3.05, 3.63) is 42.5 Å². The summed E-state index contributed by atoms with van der Waals surface area (Å²) in [7, 11) is 0. The number of hydrogen-bond donors (Lipinski definition) is 1. The molecular formula is C17H21NS. The van der Waals surface area contributed by atoms with Gasteiger partial charge in [0.05, 0.1) is 0 Å². The van der Waals surface area contributed by atoms with Crippen LogP contribution in [-0.2, 0) is 0 Å².